The summed E-state index contributed by atoms with van der Waals surface area (Å²) in [5.74, 6) is -4.44. The zero-order valence-corrected chi connectivity index (χ0v) is 20.1. The highest BCUT2D eigenvalue weighted by Crippen LogP contribution is 2.19. The first-order chi connectivity index (χ1) is 17.2. The quantitative estimate of drug-likeness (QED) is 0.250. The Morgan fingerprint density at radius 1 is 0.944 bits per heavy atom. The van der Waals surface area contributed by atoms with Gasteiger partial charge in [-0.15, -0.1) is 0 Å². The van der Waals surface area contributed by atoms with E-state index in [9.17, 15) is 24.3 Å². The Kier molecular flexibility index (Phi) is 8.80. The van der Waals surface area contributed by atoms with Crippen molar-refractivity contribution in [2.24, 2.45) is 11.7 Å². The molecule has 0 saturated heterocycles. The number of carbonyl (C=O) groups is 4. The molecule has 6 N–H and O–H groups in total. The fourth-order valence-corrected chi connectivity index (χ4v) is 3.84. The van der Waals surface area contributed by atoms with Crippen LogP contribution in [-0.2, 0) is 36.8 Å². The highest BCUT2D eigenvalue weighted by Gasteiger charge is 2.32. The predicted octanol–water partition coefficient (Wildman–Crippen LogP) is 1.14. The number of para-hydroxylation sites is 1. The number of ether oxygens (including phenoxy) is 1. The summed E-state index contributed by atoms with van der Waals surface area (Å²) in [5.41, 5.74) is 8.26. The highest BCUT2D eigenvalue weighted by atomic mass is 16.5. The number of methoxy groups -OCH3 is 1. The molecule has 0 radical (unpaired) electrons. The van der Waals surface area contributed by atoms with Crippen LogP contribution in [0.25, 0.3) is 10.9 Å². The molecule has 2 amide bonds. The first-order valence-electron chi connectivity index (χ1n) is 11.5. The number of nitrogens with two attached hydrogens (primary N) is 1. The second-order valence-electron chi connectivity index (χ2n) is 8.55. The Morgan fingerprint density at radius 2 is 1.58 bits per heavy atom. The zero-order chi connectivity index (χ0) is 26.2. The molecule has 1 unspecified atom stereocenters. The monoisotopic (exact) mass is 494 g/mol. The van der Waals surface area contributed by atoms with Crippen LogP contribution >= 0.6 is 0 Å². The molecule has 0 aliphatic heterocycles. The fourth-order valence-electron chi connectivity index (χ4n) is 3.84. The Morgan fingerprint density at radius 3 is 2.25 bits per heavy atom. The molecule has 0 aliphatic carbocycles. The summed E-state index contributed by atoms with van der Waals surface area (Å²) < 4.78 is 4.91. The van der Waals surface area contributed by atoms with Crippen molar-refractivity contribution in [3.8, 4) is 0 Å². The molecular weight excluding hydrogens is 464 g/mol. The Labute approximate surface area is 208 Å². The Hall–Kier alpha value is -4.18. The van der Waals surface area contributed by atoms with E-state index in [2.05, 4.69) is 15.6 Å². The number of amides is 2. The van der Waals surface area contributed by atoms with Crippen LogP contribution < -0.4 is 16.4 Å². The molecule has 1 heterocycles. The number of aromatic amines is 1. The van der Waals surface area contributed by atoms with Gasteiger partial charge in [-0.25, -0.2) is 4.79 Å². The van der Waals surface area contributed by atoms with Crippen molar-refractivity contribution < 1.29 is 29.0 Å². The first kappa shape index (κ1) is 26.4. The maximum atomic E-state index is 13.3. The predicted molar refractivity (Wildman–Crippen MR) is 133 cm³/mol. The van der Waals surface area contributed by atoms with Crippen molar-refractivity contribution in [1.82, 2.24) is 15.6 Å². The molecule has 0 fully saturated rings. The molecule has 0 aliphatic rings. The summed E-state index contributed by atoms with van der Waals surface area (Å²) in [6.45, 7) is 1.31. The molecule has 3 rings (SSSR count). The van der Waals surface area contributed by atoms with Gasteiger partial charge in [-0.3, -0.25) is 14.4 Å². The van der Waals surface area contributed by atoms with E-state index in [1.807, 2.05) is 30.3 Å². The van der Waals surface area contributed by atoms with Gasteiger partial charge in [0.05, 0.1) is 19.1 Å². The first-order valence-corrected chi connectivity index (χ1v) is 11.5. The van der Waals surface area contributed by atoms with E-state index >= 15 is 0 Å². The minimum atomic E-state index is -1.36. The molecule has 10 heteroatoms. The van der Waals surface area contributed by atoms with Gasteiger partial charge >= 0.3 is 11.9 Å². The summed E-state index contributed by atoms with van der Waals surface area (Å²) >= 11 is 0. The number of aromatic nitrogens is 1. The van der Waals surface area contributed by atoms with Crippen LogP contribution in [0.2, 0.25) is 0 Å². The number of hydrogen-bond donors (Lipinski definition) is 5. The van der Waals surface area contributed by atoms with Gasteiger partial charge in [0, 0.05) is 29.9 Å². The number of H-pyrrole nitrogens is 1. The standard InChI is InChI=1S/C26H30N4O6/c1-15(25(33)34)22(27)24(32)29-20(12-16-8-4-3-5-9-16)23(31)30-21(26(35)36-2)13-17-14-28-19-11-7-6-10-18(17)19/h3-11,14-15,20-22,28H,12-13,27H2,1-2H3,(H,29,32)(H,30,31)(H,33,34)/t15?,20-,21-,22-/m0/s1. The van der Waals surface area contributed by atoms with E-state index in [1.54, 1.807) is 30.5 Å². The minimum absolute atomic E-state index is 0.105. The molecule has 0 saturated carbocycles. The second-order valence-corrected chi connectivity index (χ2v) is 8.55. The van der Waals surface area contributed by atoms with Crippen LogP contribution in [0.3, 0.4) is 0 Å². The molecule has 10 nitrogen and oxygen atoms in total. The largest absolute Gasteiger partial charge is 0.481 e. The second kappa shape index (κ2) is 12.0. The molecule has 3 aromatic rings. The normalized spacial score (nSPS) is 14.3. The summed E-state index contributed by atoms with van der Waals surface area (Å²) in [7, 11) is 1.23. The number of carbonyl (C=O) groups excluding carboxylic acids is 3. The van der Waals surface area contributed by atoms with Crippen LogP contribution in [0.1, 0.15) is 18.1 Å². The van der Waals surface area contributed by atoms with E-state index in [4.69, 9.17) is 10.5 Å². The van der Waals surface area contributed by atoms with Gasteiger partial charge < -0.3 is 31.2 Å². The molecule has 190 valence electrons. The number of fused-ring (bicyclic) bond motifs is 1. The number of carboxylic acid groups (broad SMARTS) is 1. The third-order valence-electron chi connectivity index (χ3n) is 6.05. The summed E-state index contributed by atoms with van der Waals surface area (Å²) in [6, 6.07) is 13.0. The third-order valence-corrected chi connectivity index (χ3v) is 6.05. The number of aliphatic carboxylic acids is 1. The molecule has 0 bridgehead atoms. The Balaban J connectivity index is 1.82. The third kappa shape index (κ3) is 6.48. The summed E-state index contributed by atoms with van der Waals surface area (Å²) in [5, 5.41) is 15.3. The van der Waals surface area contributed by atoms with Gasteiger partial charge in [0.1, 0.15) is 12.1 Å². The van der Waals surface area contributed by atoms with Crippen LogP contribution in [0.4, 0.5) is 0 Å². The minimum Gasteiger partial charge on any atom is -0.481 e. The summed E-state index contributed by atoms with van der Waals surface area (Å²) in [4.78, 5) is 53.0. The van der Waals surface area contributed by atoms with Crippen LogP contribution in [0, 0.1) is 5.92 Å². The maximum absolute atomic E-state index is 13.3. The van der Waals surface area contributed by atoms with Gasteiger partial charge in [0.15, 0.2) is 0 Å². The van der Waals surface area contributed by atoms with E-state index < -0.39 is 47.8 Å². The van der Waals surface area contributed by atoms with Crippen molar-refractivity contribution in [3.05, 3.63) is 71.9 Å². The topological polar surface area (TPSA) is 164 Å². The van der Waals surface area contributed by atoms with Crippen molar-refractivity contribution in [2.75, 3.05) is 7.11 Å². The van der Waals surface area contributed by atoms with E-state index in [0.717, 1.165) is 22.0 Å². The summed E-state index contributed by atoms with van der Waals surface area (Å²) in [6.07, 6.45) is 2.03. The molecule has 2 aromatic carbocycles. The maximum Gasteiger partial charge on any atom is 0.328 e. The van der Waals surface area contributed by atoms with Gasteiger partial charge in [-0.2, -0.15) is 0 Å². The van der Waals surface area contributed by atoms with Gasteiger partial charge in [0.2, 0.25) is 11.8 Å². The number of nitrogens with one attached hydrogen (secondary N) is 3. The molecule has 1 aromatic heterocycles. The van der Waals surface area contributed by atoms with E-state index in [0.29, 0.717) is 0 Å². The molecular formula is C26H30N4O6. The number of carboxylic acids is 1. The smallest absolute Gasteiger partial charge is 0.328 e. The van der Waals surface area contributed by atoms with Crippen molar-refractivity contribution >= 4 is 34.7 Å². The molecule has 0 spiro atoms. The lowest BCUT2D eigenvalue weighted by molar-refractivity contribution is -0.146. The average Bonchev–Trinajstić information content (AvgIpc) is 3.29. The zero-order valence-electron chi connectivity index (χ0n) is 20.1. The van der Waals surface area contributed by atoms with E-state index in [1.165, 1.54) is 14.0 Å². The van der Waals surface area contributed by atoms with Crippen molar-refractivity contribution in [3.63, 3.8) is 0 Å². The fraction of sp³-hybridized carbons (Fsp3) is 0.308. The number of rotatable bonds is 11. The number of hydrogen-bond acceptors (Lipinski definition) is 6. The number of esters is 1. The lowest BCUT2D eigenvalue weighted by Crippen LogP contribution is -2.57. The van der Waals surface area contributed by atoms with Crippen LogP contribution in [-0.4, -0.2) is 59.1 Å². The van der Waals surface area contributed by atoms with Crippen molar-refractivity contribution in [1.29, 1.82) is 0 Å². The number of benzene rings is 2. The van der Waals surface area contributed by atoms with Crippen molar-refractivity contribution in [2.45, 2.75) is 37.9 Å². The van der Waals surface area contributed by atoms with Gasteiger partial charge in [-0.05, 0) is 24.1 Å². The van der Waals surface area contributed by atoms with Crippen LogP contribution in [0.15, 0.2) is 60.8 Å². The molecule has 4 atom stereocenters. The average molecular weight is 495 g/mol. The van der Waals surface area contributed by atoms with Gasteiger partial charge in [0.25, 0.3) is 0 Å². The van der Waals surface area contributed by atoms with Crippen LogP contribution in [0.5, 0.6) is 0 Å². The molecule has 36 heavy (non-hydrogen) atoms. The van der Waals surface area contributed by atoms with E-state index in [-0.39, 0.29) is 12.8 Å². The lowest BCUT2D eigenvalue weighted by Gasteiger charge is -2.24. The van der Waals surface area contributed by atoms with Gasteiger partial charge in [-0.1, -0.05) is 48.5 Å². The Bertz CT molecular complexity index is 1230. The lowest BCUT2D eigenvalue weighted by atomic mass is 10.00. The SMILES string of the molecule is COC(=O)[C@H](Cc1c[nH]c2ccccc12)NC(=O)[C@H](Cc1ccccc1)NC(=O)[C@@H](N)C(C)C(=O)O. The highest BCUT2D eigenvalue weighted by molar-refractivity contribution is 5.94.